The zero-order valence-electron chi connectivity index (χ0n) is 14.5. The van der Waals surface area contributed by atoms with Crippen molar-refractivity contribution in [2.45, 2.75) is 57.9 Å². The summed E-state index contributed by atoms with van der Waals surface area (Å²) in [5.74, 6) is 2.75. The van der Waals surface area contributed by atoms with Crippen LogP contribution in [0.5, 0.6) is 0 Å². The summed E-state index contributed by atoms with van der Waals surface area (Å²) in [6.07, 6.45) is 5.42. The molecule has 0 radical (unpaired) electrons. The number of nitrogens with one attached hydrogen (secondary N) is 1. The fourth-order valence-corrected chi connectivity index (χ4v) is 5.21. The second-order valence-corrected chi connectivity index (χ2v) is 8.51. The molecule has 0 amide bonds. The number of rotatable bonds is 2. The maximum atomic E-state index is 4.68. The zero-order chi connectivity index (χ0) is 15.8. The fraction of sp³-hybridized carbons (Fsp3) is 0.650. The van der Waals surface area contributed by atoms with E-state index in [-0.39, 0.29) is 0 Å². The average Bonchev–Trinajstić information content (AvgIpc) is 3.24. The standard InChI is InChI=1S/C20H27N3/c1-12-19-9-15-8-17-18(22-13(2)21-17)10-16(15)20(12,3)6-7-23(19)11-14-4-5-14/h8,10,12,14,19H,4-7,9,11H2,1-3H3,(H,21,22)/t12-,19?,20-/m0/s1. The molecule has 1 aliphatic heterocycles. The van der Waals surface area contributed by atoms with Crippen molar-refractivity contribution in [1.82, 2.24) is 14.9 Å². The highest BCUT2D eigenvalue weighted by Gasteiger charge is 2.49. The second-order valence-electron chi connectivity index (χ2n) is 8.51. The Balaban J connectivity index is 1.60. The van der Waals surface area contributed by atoms with Crippen molar-refractivity contribution in [3.8, 4) is 0 Å². The van der Waals surface area contributed by atoms with Crippen molar-refractivity contribution < 1.29 is 0 Å². The number of piperidine rings is 1. The first-order valence-corrected chi connectivity index (χ1v) is 9.28. The predicted molar refractivity (Wildman–Crippen MR) is 93.8 cm³/mol. The maximum Gasteiger partial charge on any atom is 0.104 e. The molecule has 0 spiro atoms. The first-order valence-electron chi connectivity index (χ1n) is 9.28. The lowest BCUT2D eigenvalue weighted by Gasteiger charge is -2.54. The van der Waals surface area contributed by atoms with Crippen LogP contribution < -0.4 is 0 Å². The molecule has 3 atom stereocenters. The van der Waals surface area contributed by atoms with Gasteiger partial charge in [-0.1, -0.05) is 13.8 Å². The molecule has 3 nitrogen and oxygen atoms in total. The van der Waals surface area contributed by atoms with Crippen LogP contribution in [0.3, 0.4) is 0 Å². The lowest BCUT2D eigenvalue weighted by molar-refractivity contribution is 0.0285. The largest absolute Gasteiger partial charge is 0.342 e. The van der Waals surface area contributed by atoms with Crippen molar-refractivity contribution in [1.29, 1.82) is 0 Å². The molecule has 1 saturated carbocycles. The summed E-state index contributed by atoms with van der Waals surface area (Å²) in [7, 11) is 0. The minimum Gasteiger partial charge on any atom is -0.342 e. The van der Waals surface area contributed by atoms with Gasteiger partial charge in [0.2, 0.25) is 0 Å². The molecule has 122 valence electrons. The van der Waals surface area contributed by atoms with Gasteiger partial charge in [0.05, 0.1) is 11.0 Å². The second kappa shape index (κ2) is 4.60. The molecule has 1 aromatic carbocycles. The molecule has 3 aliphatic rings. The van der Waals surface area contributed by atoms with Crippen LogP contribution >= 0.6 is 0 Å². The molecule has 2 aromatic rings. The van der Waals surface area contributed by atoms with E-state index in [1.165, 1.54) is 44.3 Å². The van der Waals surface area contributed by atoms with Gasteiger partial charge >= 0.3 is 0 Å². The smallest absolute Gasteiger partial charge is 0.104 e. The van der Waals surface area contributed by atoms with Gasteiger partial charge in [0, 0.05) is 12.6 Å². The van der Waals surface area contributed by atoms with E-state index in [2.05, 4.69) is 47.8 Å². The molecule has 1 aromatic heterocycles. The highest BCUT2D eigenvalue weighted by molar-refractivity contribution is 5.78. The molecular weight excluding hydrogens is 282 g/mol. The number of H-pyrrole nitrogens is 1. The number of fused-ring (bicyclic) bond motifs is 5. The van der Waals surface area contributed by atoms with E-state index < -0.39 is 0 Å². The maximum absolute atomic E-state index is 4.68. The van der Waals surface area contributed by atoms with Crippen LogP contribution in [-0.4, -0.2) is 34.0 Å². The Labute approximate surface area is 138 Å². The van der Waals surface area contributed by atoms with Gasteiger partial charge in [0.15, 0.2) is 0 Å². The third-order valence-corrected chi connectivity index (χ3v) is 7.03. The Morgan fingerprint density at radius 1 is 1.35 bits per heavy atom. The van der Waals surface area contributed by atoms with Gasteiger partial charge in [-0.15, -0.1) is 0 Å². The van der Waals surface area contributed by atoms with Gasteiger partial charge in [0.1, 0.15) is 5.82 Å². The number of hydrogen-bond acceptors (Lipinski definition) is 2. The van der Waals surface area contributed by atoms with E-state index in [1.54, 1.807) is 11.1 Å². The average molecular weight is 309 g/mol. The van der Waals surface area contributed by atoms with Crippen molar-refractivity contribution in [2.75, 3.05) is 13.1 Å². The van der Waals surface area contributed by atoms with Gasteiger partial charge in [-0.3, -0.25) is 4.90 Å². The minimum atomic E-state index is 0.319. The number of likely N-dealkylation sites (tertiary alicyclic amines) is 1. The Hall–Kier alpha value is -1.35. The predicted octanol–water partition coefficient (Wildman–Crippen LogP) is 3.81. The first-order chi connectivity index (χ1) is 11.0. The highest BCUT2D eigenvalue weighted by Crippen LogP contribution is 2.50. The third kappa shape index (κ3) is 2.02. The molecule has 2 fully saturated rings. The summed E-state index contributed by atoms with van der Waals surface area (Å²) in [5, 5.41) is 0. The molecule has 2 aliphatic carbocycles. The molecule has 23 heavy (non-hydrogen) atoms. The number of benzene rings is 1. The molecule has 1 unspecified atom stereocenters. The number of aromatic amines is 1. The number of hydrogen-bond donors (Lipinski definition) is 1. The summed E-state index contributed by atoms with van der Waals surface area (Å²) >= 11 is 0. The van der Waals surface area contributed by atoms with Gasteiger partial charge in [-0.05, 0) is 79.7 Å². The molecule has 2 bridgehead atoms. The SMILES string of the molecule is Cc1nc2cc3c(cc2[nH]1)CC1[C@H](C)[C@]3(C)CCN1CC1CC1. The first kappa shape index (κ1) is 14.0. The van der Waals surface area contributed by atoms with Gasteiger partial charge in [-0.25, -0.2) is 4.98 Å². The fourth-order valence-electron chi connectivity index (χ4n) is 5.21. The van der Waals surface area contributed by atoms with Crippen LogP contribution in [0.15, 0.2) is 12.1 Å². The minimum absolute atomic E-state index is 0.319. The molecule has 2 heterocycles. The number of aryl methyl sites for hydroxylation is 1. The van der Waals surface area contributed by atoms with Crippen molar-refractivity contribution in [2.24, 2.45) is 11.8 Å². The number of nitrogens with zero attached hydrogens (tertiary/aromatic N) is 2. The van der Waals surface area contributed by atoms with Crippen LogP contribution in [0.2, 0.25) is 0 Å². The van der Waals surface area contributed by atoms with E-state index in [1.807, 2.05) is 0 Å². The Morgan fingerprint density at radius 2 is 2.17 bits per heavy atom. The summed E-state index contributed by atoms with van der Waals surface area (Å²) in [4.78, 5) is 10.9. The summed E-state index contributed by atoms with van der Waals surface area (Å²) in [6.45, 7) is 9.67. The molecule has 5 rings (SSSR count). The van der Waals surface area contributed by atoms with Crippen LogP contribution in [0.1, 0.15) is 50.1 Å². The highest BCUT2D eigenvalue weighted by atomic mass is 15.2. The summed E-state index contributed by atoms with van der Waals surface area (Å²) in [5.41, 5.74) is 5.82. The van der Waals surface area contributed by atoms with E-state index in [9.17, 15) is 0 Å². The zero-order valence-corrected chi connectivity index (χ0v) is 14.5. The van der Waals surface area contributed by atoms with Gasteiger partial charge < -0.3 is 4.98 Å². The Morgan fingerprint density at radius 3 is 2.96 bits per heavy atom. The molecule has 3 heteroatoms. The monoisotopic (exact) mass is 309 g/mol. The lowest BCUT2D eigenvalue weighted by atomic mass is 9.59. The van der Waals surface area contributed by atoms with Crippen LogP contribution in [0.4, 0.5) is 0 Å². The normalized spacial score (nSPS) is 33.9. The van der Waals surface area contributed by atoms with Crippen LogP contribution in [0.25, 0.3) is 11.0 Å². The van der Waals surface area contributed by atoms with E-state index in [4.69, 9.17) is 0 Å². The Kier molecular flexibility index (Phi) is 2.80. The van der Waals surface area contributed by atoms with E-state index in [0.29, 0.717) is 5.41 Å². The van der Waals surface area contributed by atoms with Gasteiger partial charge in [0.25, 0.3) is 0 Å². The number of aromatic nitrogens is 2. The Bertz CT molecular complexity index is 773. The van der Waals surface area contributed by atoms with Crippen LogP contribution in [-0.2, 0) is 11.8 Å². The topological polar surface area (TPSA) is 31.9 Å². The lowest BCUT2D eigenvalue weighted by Crippen LogP contribution is -2.58. The molecule has 1 saturated heterocycles. The van der Waals surface area contributed by atoms with Crippen molar-refractivity contribution in [3.05, 3.63) is 29.1 Å². The quantitative estimate of drug-likeness (QED) is 0.915. The molecule has 1 N–H and O–H groups in total. The van der Waals surface area contributed by atoms with Gasteiger partial charge in [-0.2, -0.15) is 0 Å². The summed E-state index contributed by atoms with van der Waals surface area (Å²) < 4.78 is 0. The van der Waals surface area contributed by atoms with Crippen molar-refractivity contribution >= 4 is 11.0 Å². The van der Waals surface area contributed by atoms with E-state index in [0.717, 1.165) is 29.2 Å². The van der Waals surface area contributed by atoms with Crippen LogP contribution in [0, 0.1) is 18.8 Å². The van der Waals surface area contributed by atoms with Crippen molar-refractivity contribution in [3.63, 3.8) is 0 Å². The molecular formula is C20H27N3. The summed E-state index contributed by atoms with van der Waals surface area (Å²) in [6, 6.07) is 5.50. The third-order valence-electron chi connectivity index (χ3n) is 7.03. The number of imidazole rings is 1. The van der Waals surface area contributed by atoms with E-state index >= 15 is 0 Å².